The van der Waals surface area contributed by atoms with E-state index in [-0.39, 0.29) is 11.2 Å². The zero-order valence-electron chi connectivity index (χ0n) is 11.7. The molecule has 1 amide bonds. The van der Waals surface area contributed by atoms with E-state index in [1.807, 2.05) is 6.92 Å². The van der Waals surface area contributed by atoms with Gasteiger partial charge in [0.1, 0.15) is 5.03 Å². The summed E-state index contributed by atoms with van der Waals surface area (Å²) < 4.78 is 0. The molecule has 0 spiro atoms. The second kappa shape index (κ2) is 7.45. The van der Waals surface area contributed by atoms with Gasteiger partial charge in [-0.15, -0.1) is 11.8 Å². The maximum absolute atomic E-state index is 11.6. The van der Waals surface area contributed by atoms with Gasteiger partial charge in [0.2, 0.25) is 5.91 Å². The number of carbonyl (C=O) groups is 1. The summed E-state index contributed by atoms with van der Waals surface area (Å²) in [5, 5.41) is 4.32. The van der Waals surface area contributed by atoms with Crippen LogP contribution in [0.4, 0.5) is 0 Å². The van der Waals surface area contributed by atoms with Gasteiger partial charge >= 0.3 is 0 Å². The first kappa shape index (κ1) is 15.9. The van der Waals surface area contributed by atoms with Gasteiger partial charge in [-0.25, -0.2) is 4.98 Å². The van der Waals surface area contributed by atoms with E-state index in [2.05, 4.69) is 29.1 Å². The summed E-state index contributed by atoms with van der Waals surface area (Å²) >= 11 is 1.60. The number of carbonyl (C=O) groups excluding carboxylic acids is 1. The third kappa shape index (κ3) is 5.16. The van der Waals surface area contributed by atoms with Crippen LogP contribution in [-0.4, -0.2) is 33.2 Å². The molecular formula is C13H22N4OS. The Morgan fingerprint density at radius 3 is 2.84 bits per heavy atom. The van der Waals surface area contributed by atoms with Crippen LogP contribution < -0.4 is 11.1 Å². The predicted molar refractivity (Wildman–Crippen MR) is 77.9 cm³/mol. The zero-order chi connectivity index (χ0) is 14.3. The van der Waals surface area contributed by atoms with Crippen molar-refractivity contribution in [1.82, 2.24) is 15.3 Å². The zero-order valence-corrected chi connectivity index (χ0v) is 12.5. The summed E-state index contributed by atoms with van der Waals surface area (Å²) in [4.78, 5) is 19.9. The largest absolute Gasteiger partial charge is 0.368 e. The summed E-state index contributed by atoms with van der Waals surface area (Å²) in [7, 11) is 0. The van der Waals surface area contributed by atoms with Crippen molar-refractivity contribution in [3.63, 3.8) is 0 Å². The summed E-state index contributed by atoms with van der Waals surface area (Å²) in [5.41, 5.74) is 4.84. The SMILES string of the molecule is CCCNC(C)(CC(C)Sc1cnccn1)C(N)=O. The molecule has 0 aromatic carbocycles. The van der Waals surface area contributed by atoms with E-state index in [9.17, 15) is 4.79 Å². The van der Waals surface area contributed by atoms with Gasteiger partial charge in [0.25, 0.3) is 0 Å². The van der Waals surface area contributed by atoms with Crippen LogP contribution in [0.1, 0.15) is 33.6 Å². The number of amides is 1. The monoisotopic (exact) mass is 282 g/mol. The highest BCUT2D eigenvalue weighted by Gasteiger charge is 2.32. The van der Waals surface area contributed by atoms with Crippen molar-refractivity contribution in [2.45, 2.75) is 49.4 Å². The van der Waals surface area contributed by atoms with Crippen molar-refractivity contribution in [2.24, 2.45) is 5.73 Å². The predicted octanol–water partition coefficient (Wildman–Crippen LogP) is 1.59. The number of hydrogen-bond donors (Lipinski definition) is 2. The van der Waals surface area contributed by atoms with Gasteiger partial charge in [0, 0.05) is 17.6 Å². The Bertz CT molecular complexity index is 401. The molecule has 1 rings (SSSR count). The van der Waals surface area contributed by atoms with Crippen molar-refractivity contribution in [2.75, 3.05) is 6.54 Å². The van der Waals surface area contributed by atoms with E-state index in [0.29, 0.717) is 6.42 Å². The highest BCUT2D eigenvalue weighted by atomic mass is 32.2. The van der Waals surface area contributed by atoms with Crippen LogP contribution in [0.15, 0.2) is 23.6 Å². The summed E-state index contributed by atoms with van der Waals surface area (Å²) in [6.07, 6.45) is 6.66. The van der Waals surface area contributed by atoms with Gasteiger partial charge in [-0.3, -0.25) is 9.78 Å². The number of hydrogen-bond acceptors (Lipinski definition) is 5. The van der Waals surface area contributed by atoms with E-state index in [1.54, 1.807) is 30.4 Å². The van der Waals surface area contributed by atoms with Crippen LogP contribution in [0.3, 0.4) is 0 Å². The summed E-state index contributed by atoms with van der Waals surface area (Å²) in [6.45, 7) is 6.76. The number of nitrogens with two attached hydrogens (primary N) is 1. The van der Waals surface area contributed by atoms with Crippen molar-refractivity contribution >= 4 is 17.7 Å². The van der Waals surface area contributed by atoms with E-state index >= 15 is 0 Å². The minimum absolute atomic E-state index is 0.221. The number of thioether (sulfide) groups is 1. The topological polar surface area (TPSA) is 80.9 Å². The molecule has 2 unspecified atom stereocenters. The Kier molecular flexibility index (Phi) is 6.24. The average molecular weight is 282 g/mol. The molecule has 0 saturated heterocycles. The van der Waals surface area contributed by atoms with Crippen molar-refractivity contribution in [1.29, 1.82) is 0 Å². The van der Waals surface area contributed by atoms with E-state index in [0.717, 1.165) is 18.0 Å². The van der Waals surface area contributed by atoms with Crippen LogP contribution in [0.5, 0.6) is 0 Å². The van der Waals surface area contributed by atoms with Crippen molar-refractivity contribution in [3.8, 4) is 0 Å². The molecule has 1 heterocycles. The van der Waals surface area contributed by atoms with E-state index in [4.69, 9.17) is 5.73 Å². The van der Waals surface area contributed by atoms with Crippen LogP contribution in [0.25, 0.3) is 0 Å². The molecule has 6 heteroatoms. The lowest BCUT2D eigenvalue weighted by Gasteiger charge is -2.30. The maximum Gasteiger partial charge on any atom is 0.237 e. The first-order chi connectivity index (χ1) is 8.98. The fourth-order valence-corrected chi connectivity index (χ4v) is 2.90. The number of rotatable bonds is 8. The van der Waals surface area contributed by atoms with Gasteiger partial charge < -0.3 is 11.1 Å². The van der Waals surface area contributed by atoms with Crippen LogP contribution in [-0.2, 0) is 4.79 Å². The first-order valence-corrected chi connectivity index (χ1v) is 7.33. The Balaban J connectivity index is 2.61. The Morgan fingerprint density at radius 2 is 2.32 bits per heavy atom. The molecule has 106 valence electrons. The maximum atomic E-state index is 11.6. The molecule has 0 aliphatic heterocycles. The number of aromatic nitrogens is 2. The molecule has 0 fully saturated rings. The first-order valence-electron chi connectivity index (χ1n) is 6.45. The van der Waals surface area contributed by atoms with Crippen LogP contribution in [0.2, 0.25) is 0 Å². The lowest BCUT2D eigenvalue weighted by Crippen LogP contribution is -2.54. The molecule has 19 heavy (non-hydrogen) atoms. The Labute approximate surface area is 118 Å². The molecule has 0 saturated carbocycles. The third-order valence-electron chi connectivity index (χ3n) is 2.87. The molecule has 1 aromatic rings. The van der Waals surface area contributed by atoms with Gasteiger partial charge in [0.15, 0.2) is 0 Å². The molecule has 1 aromatic heterocycles. The fourth-order valence-electron chi connectivity index (χ4n) is 1.83. The van der Waals surface area contributed by atoms with Crippen molar-refractivity contribution in [3.05, 3.63) is 18.6 Å². The number of nitrogens with zero attached hydrogens (tertiary/aromatic N) is 2. The lowest BCUT2D eigenvalue weighted by atomic mass is 9.95. The summed E-state index contributed by atoms with van der Waals surface area (Å²) in [6, 6.07) is 0. The second-order valence-corrected chi connectivity index (χ2v) is 6.26. The minimum atomic E-state index is -0.676. The van der Waals surface area contributed by atoms with Gasteiger partial charge in [-0.2, -0.15) is 0 Å². The highest BCUT2D eigenvalue weighted by Crippen LogP contribution is 2.26. The quantitative estimate of drug-likeness (QED) is 0.708. The van der Waals surface area contributed by atoms with E-state index < -0.39 is 5.54 Å². The molecule has 5 nitrogen and oxygen atoms in total. The van der Waals surface area contributed by atoms with E-state index in [1.165, 1.54) is 0 Å². The average Bonchev–Trinajstić information content (AvgIpc) is 2.37. The molecule has 0 aliphatic carbocycles. The molecule has 2 atom stereocenters. The Morgan fingerprint density at radius 1 is 1.58 bits per heavy atom. The highest BCUT2D eigenvalue weighted by molar-refractivity contribution is 7.99. The van der Waals surface area contributed by atoms with Gasteiger partial charge in [0.05, 0.1) is 11.7 Å². The molecule has 3 N–H and O–H groups in total. The smallest absolute Gasteiger partial charge is 0.237 e. The van der Waals surface area contributed by atoms with Gasteiger partial charge in [-0.1, -0.05) is 13.8 Å². The minimum Gasteiger partial charge on any atom is -0.368 e. The lowest BCUT2D eigenvalue weighted by molar-refractivity contribution is -0.124. The van der Waals surface area contributed by atoms with Crippen molar-refractivity contribution < 1.29 is 4.79 Å². The molecule has 0 bridgehead atoms. The van der Waals surface area contributed by atoms with Crippen LogP contribution in [0, 0.1) is 0 Å². The number of nitrogens with one attached hydrogen (secondary N) is 1. The summed E-state index contributed by atoms with van der Waals surface area (Å²) in [5.74, 6) is -0.312. The second-order valence-electron chi connectivity index (χ2n) is 4.80. The molecule has 0 radical (unpaired) electrons. The van der Waals surface area contributed by atoms with Crippen LogP contribution >= 0.6 is 11.8 Å². The van der Waals surface area contributed by atoms with Gasteiger partial charge in [-0.05, 0) is 26.3 Å². The third-order valence-corrected chi connectivity index (χ3v) is 3.89. The standard InChI is InChI=1S/C13H22N4OS/c1-4-5-17-13(3,12(14)18)8-10(2)19-11-9-15-6-7-16-11/h6-7,9-10,17H,4-5,8H2,1-3H3,(H2,14,18). The number of primary amides is 1. The Hall–Kier alpha value is -1.14. The fraction of sp³-hybridized carbons (Fsp3) is 0.615. The molecular weight excluding hydrogens is 260 g/mol. The molecule has 0 aliphatic rings. The normalized spacial score (nSPS) is 15.7.